The quantitative estimate of drug-likeness (QED) is 0.376. The topological polar surface area (TPSA) is 43.1 Å². The van der Waals surface area contributed by atoms with Crippen LogP contribution in [0.1, 0.15) is 19.8 Å². The summed E-state index contributed by atoms with van der Waals surface area (Å²) in [6, 6.07) is 0. The molecule has 1 amide bonds. The predicted octanol–water partition coefficient (Wildman–Crippen LogP) is 1.61. The van der Waals surface area contributed by atoms with Crippen molar-refractivity contribution >= 4 is 17.9 Å². The normalized spacial score (nSPS) is 6.11. The molecule has 0 aliphatic rings. The van der Waals surface area contributed by atoms with Gasteiger partial charge < -0.3 is 12.7 Å². The molecule has 0 rings (SSSR count). The molecule has 0 aliphatic carbocycles. The van der Waals surface area contributed by atoms with E-state index in [0.29, 0.717) is 0 Å². The number of hydrogen-bond donors (Lipinski definition) is 2. The van der Waals surface area contributed by atoms with Gasteiger partial charge in [0.15, 0.2) is 0 Å². The zero-order valence-corrected chi connectivity index (χ0v) is 9.62. The number of unbranched alkanes of at least 4 members (excludes halogenated alkanes) is 1. The second-order valence-electron chi connectivity index (χ2n) is 1.19. The summed E-state index contributed by atoms with van der Waals surface area (Å²) < 4.78 is 0. The van der Waals surface area contributed by atoms with Gasteiger partial charge in [0.1, 0.15) is 0 Å². The number of carbonyl (C=O) groups is 1. The van der Waals surface area contributed by atoms with Crippen LogP contribution in [0.3, 0.4) is 0 Å². The van der Waals surface area contributed by atoms with Gasteiger partial charge in [0.2, 0.25) is 0 Å². The first kappa shape index (κ1) is 16.2. The summed E-state index contributed by atoms with van der Waals surface area (Å²) in [4.78, 5) is 9.09. The molecule has 0 spiro atoms. The van der Waals surface area contributed by atoms with Crippen molar-refractivity contribution in [2.45, 2.75) is 19.8 Å². The van der Waals surface area contributed by atoms with Crippen LogP contribution < -0.4 is 5.73 Å². The molecule has 2 nitrogen and oxygen atoms in total. The molecule has 2 N–H and O–H groups in total. The van der Waals surface area contributed by atoms with Gasteiger partial charge in [0, 0.05) is 19.5 Å². The standard InChI is InChI=1S/C4H9.CH3NOS.Zn/c1-3-4-2;2-1(3)4;/h1,3-4H2,2H3;(H3,2,3,4);/q-1;;. The fourth-order valence-corrected chi connectivity index (χ4v) is 0. The third kappa shape index (κ3) is 168. The molecule has 0 heterocycles. The number of rotatable bonds is 1. The van der Waals surface area contributed by atoms with Crippen LogP contribution in [0.5, 0.6) is 0 Å². The van der Waals surface area contributed by atoms with E-state index in [1.54, 1.807) is 0 Å². The molecule has 0 radical (unpaired) electrons. The zero-order valence-electron chi connectivity index (χ0n) is 5.76. The van der Waals surface area contributed by atoms with Crippen LogP contribution in [-0.4, -0.2) is 5.24 Å². The van der Waals surface area contributed by atoms with E-state index in [2.05, 4.69) is 32.2 Å². The Morgan fingerprint density at radius 3 is 1.89 bits per heavy atom. The first-order valence-electron chi connectivity index (χ1n) is 2.42. The van der Waals surface area contributed by atoms with E-state index in [0.717, 1.165) is 6.42 Å². The number of thiol groups is 1. The van der Waals surface area contributed by atoms with Gasteiger partial charge in [0.05, 0.1) is 0 Å². The van der Waals surface area contributed by atoms with E-state index in [-0.39, 0.29) is 19.5 Å². The molecule has 0 atom stereocenters. The van der Waals surface area contributed by atoms with Crippen LogP contribution in [-0.2, 0) is 19.5 Å². The molecule has 0 fully saturated rings. The molecule has 9 heavy (non-hydrogen) atoms. The van der Waals surface area contributed by atoms with Gasteiger partial charge in [-0.3, -0.25) is 4.79 Å². The smallest absolute Gasteiger partial charge is 0.273 e. The van der Waals surface area contributed by atoms with Gasteiger partial charge in [-0.2, -0.15) is 6.42 Å². The Bertz CT molecular complexity index is 54.9. The fraction of sp³-hybridized carbons (Fsp3) is 0.600. The number of amides is 1. The Morgan fingerprint density at radius 1 is 1.78 bits per heavy atom. The van der Waals surface area contributed by atoms with Gasteiger partial charge in [-0.15, -0.1) is 0 Å². The molecular weight excluding hydrogens is 188 g/mol. The molecular formula is C5H12NOSZn-. The maximum Gasteiger partial charge on any atom is 0.273 e. The third-order valence-electron chi connectivity index (χ3n) is 0.354. The van der Waals surface area contributed by atoms with Crippen LogP contribution >= 0.6 is 12.6 Å². The summed E-state index contributed by atoms with van der Waals surface area (Å²) in [7, 11) is 0. The molecule has 0 aromatic heterocycles. The molecule has 0 aliphatic heterocycles. The molecule has 4 heteroatoms. The molecule has 0 saturated heterocycles. The average Bonchev–Trinajstić information content (AvgIpc) is 1.65. The summed E-state index contributed by atoms with van der Waals surface area (Å²) >= 11 is 3.10. The molecule has 52 valence electrons. The van der Waals surface area contributed by atoms with Crippen molar-refractivity contribution in [1.29, 1.82) is 0 Å². The van der Waals surface area contributed by atoms with E-state index >= 15 is 0 Å². The molecule has 0 saturated carbocycles. The molecule has 0 aromatic carbocycles. The van der Waals surface area contributed by atoms with Crippen molar-refractivity contribution in [2.24, 2.45) is 5.73 Å². The number of primary amides is 1. The Balaban J connectivity index is -0.0000000720. The van der Waals surface area contributed by atoms with Gasteiger partial charge >= 0.3 is 0 Å². The van der Waals surface area contributed by atoms with Gasteiger partial charge in [-0.25, -0.2) is 0 Å². The van der Waals surface area contributed by atoms with E-state index < -0.39 is 5.24 Å². The minimum absolute atomic E-state index is 0. The fourth-order valence-electron chi connectivity index (χ4n) is 0. The Morgan fingerprint density at radius 2 is 1.89 bits per heavy atom. The van der Waals surface area contributed by atoms with Crippen LogP contribution in [0.2, 0.25) is 0 Å². The van der Waals surface area contributed by atoms with Crippen LogP contribution in [0, 0.1) is 6.92 Å². The monoisotopic (exact) mass is 198 g/mol. The van der Waals surface area contributed by atoms with Crippen molar-refractivity contribution in [3.8, 4) is 0 Å². The average molecular weight is 200 g/mol. The van der Waals surface area contributed by atoms with Crippen LogP contribution in [0.15, 0.2) is 0 Å². The summed E-state index contributed by atoms with van der Waals surface area (Å²) in [5, 5.41) is -0.639. The molecule has 0 aromatic rings. The maximum absolute atomic E-state index is 9.09. The van der Waals surface area contributed by atoms with Crippen LogP contribution in [0.25, 0.3) is 0 Å². The first-order chi connectivity index (χ1) is 3.65. The van der Waals surface area contributed by atoms with Crippen molar-refractivity contribution < 1.29 is 24.3 Å². The van der Waals surface area contributed by atoms with Crippen molar-refractivity contribution in [3.63, 3.8) is 0 Å². The number of carbonyl (C=O) groups excluding carboxylic acids is 1. The predicted molar refractivity (Wildman–Crippen MR) is 38.8 cm³/mol. The summed E-state index contributed by atoms with van der Waals surface area (Å²) in [5.74, 6) is 0. The zero-order chi connectivity index (χ0) is 6.99. The Kier molecular flexibility index (Phi) is 28.4. The minimum Gasteiger partial charge on any atom is -0.361 e. The first-order valence-corrected chi connectivity index (χ1v) is 2.87. The Hall–Kier alpha value is 0.443. The third-order valence-corrected chi connectivity index (χ3v) is 0.354. The van der Waals surface area contributed by atoms with Crippen molar-refractivity contribution in [2.75, 3.05) is 0 Å². The largest absolute Gasteiger partial charge is 0.361 e. The van der Waals surface area contributed by atoms with Gasteiger partial charge in [-0.1, -0.05) is 26.0 Å². The van der Waals surface area contributed by atoms with Crippen molar-refractivity contribution in [1.82, 2.24) is 0 Å². The van der Waals surface area contributed by atoms with Gasteiger partial charge in [-0.05, 0) is 0 Å². The van der Waals surface area contributed by atoms with E-state index in [1.165, 1.54) is 6.42 Å². The van der Waals surface area contributed by atoms with Crippen molar-refractivity contribution in [3.05, 3.63) is 6.92 Å². The SMILES string of the molecule is NC(=O)S.[CH2-]CCC.[Zn]. The minimum atomic E-state index is -0.639. The van der Waals surface area contributed by atoms with E-state index in [4.69, 9.17) is 4.79 Å². The summed E-state index contributed by atoms with van der Waals surface area (Å²) in [5.41, 5.74) is 4.34. The number of nitrogens with two attached hydrogens (primary N) is 1. The van der Waals surface area contributed by atoms with Crippen LogP contribution in [0.4, 0.5) is 4.79 Å². The number of hydrogen-bond acceptors (Lipinski definition) is 1. The van der Waals surface area contributed by atoms with Gasteiger partial charge in [0.25, 0.3) is 5.24 Å². The van der Waals surface area contributed by atoms with E-state index in [9.17, 15) is 0 Å². The summed E-state index contributed by atoms with van der Waals surface area (Å²) in [6.07, 6.45) is 2.28. The second-order valence-corrected chi connectivity index (χ2v) is 1.63. The van der Waals surface area contributed by atoms with E-state index in [1.807, 2.05) is 0 Å². The second kappa shape index (κ2) is 15.8. The molecule has 0 bridgehead atoms. The molecule has 0 unspecified atom stereocenters. The maximum atomic E-state index is 9.09. The summed E-state index contributed by atoms with van der Waals surface area (Å²) in [6.45, 7) is 5.72. The Labute approximate surface area is 74.7 Å².